The third-order valence-electron chi connectivity index (χ3n) is 18.8. The van der Waals surface area contributed by atoms with Crippen LogP contribution in [0, 0.1) is 5.82 Å². The van der Waals surface area contributed by atoms with Crippen LogP contribution in [0.5, 0.6) is 5.75 Å². The van der Waals surface area contributed by atoms with E-state index in [1.165, 1.54) is 87.4 Å². The third kappa shape index (κ3) is 12.7. The zero-order chi connectivity index (χ0) is 70.0. The van der Waals surface area contributed by atoms with Gasteiger partial charge in [-0.15, -0.1) is 47.2 Å². The molecular formula is C75H59ClF4N9O4S9+3. The summed E-state index contributed by atoms with van der Waals surface area (Å²) in [4.78, 5) is 55.2. The smallest absolute Gasteiger partial charge is 0.406 e. The average molecular weight is 1550 g/mol. The predicted octanol–water partition coefficient (Wildman–Crippen LogP) is 12.1. The van der Waals surface area contributed by atoms with Crippen LogP contribution in [-0.2, 0) is 26.2 Å². The van der Waals surface area contributed by atoms with Crippen LogP contribution in [0.15, 0.2) is 198 Å². The summed E-state index contributed by atoms with van der Waals surface area (Å²) in [5, 5.41) is 10.0. The van der Waals surface area contributed by atoms with Gasteiger partial charge in [-0.25, -0.2) is 4.39 Å². The molecule has 0 bridgehead atoms. The minimum atomic E-state index is -4.86. The highest BCUT2D eigenvalue weighted by atomic mass is 35.5. The molecule has 0 N–H and O–H groups in total. The molecule has 2 aliphatic carbocycles. The molecule has 4 atom stereocenters. The molecule has 0 saturated heterocycles. The summed E-state index contributed by atoms with van der Waals surface area (Å²) in [6.45, 7) is 4.04. The van der Waals surface area contributed by atoms with E-state index >= 15 is 9.59 Å². The quantitative estimate of drug-likeness (QED) is 0.0729. The van der Waals surface area contributed by atoms with Crippen LogP contribution < -0.4 is 77.4 Å². The van der Waals surface area contributed by atoms with E-state index in [4.69, 9.17) is 11.6 Å². The lowest BCUT2D eigenvalue weighted by Crippen LogP contribution is -2.40. The molecule has 9 heterocycles. The molecule has 3 aliphatic heterocycles. The van der Waals surface area contributed by atoms with E-state index in [2.05, 4.69) is 113 Å². The van der Waals surface area contributed by atoms with Gasteiger partial charge in [-0.3, -0.25) is 28.1 Å². The van der Waals surface area contributed by atoms with E-state index < -0.39 is 6.36 Å². The number of ether oxygens (including phenoxy) is 1. The van der Waals surface area contributed by atoms with Gasteiger partial charge >= 0.3 is 6.36 Å². The maximum Gasteiger partial charge on any atom is 0.573 e. The van der Waals surface area contributed by atoms with E-state index in [1.807, 2.05) is 95.7 Å². The Bertz CT molecular complexity index is 5980. The molecule has 0 radical (unpaired) electrons. The van der Waals surface area contributed by atoms with Gasteiger partial charge in [0.25, 0.3) is 31.7 Å². The number of anilines is 3. The molecule has 6 aromatic carbocycles. The van der Waals surface area contributed by atoms with Crippen LogP contribution in [0.25, 0.3) is 33.3 Å². The van der Waals surface area contributed by atoms with Crippen molar-refractivity contribution in [1.29, 1.82) is 0 Å². The van der Waals surface area contributed by atoms with Crippen LogP contribution in [0.2, 0.25) is 5.02 Å². The minimum Gasteiger partial charge on any atom is -0.406 e. The fraction of sp³-hybridized carbons (Fsp3) is 0.200. The Labute approximate surface area is 622 Å². The molecule has 514 valence electrons. The van der Waals surface area contributed by atoms with Crippen molar-refractivity contribution in [3.05, 3.63) is 281 Å². The lowest BCUT2D eigenvalue weighted by Gasteiger charge is -2.14. The SMILES string of the molecule is CCn1c(=Cc2sc(C3CC3n3c(=Cc4scc(C5CC5n5c(=Cc6scc[n+]6Cc6ccccc6)sc(=C6Sc7cc(Cl)ccc7N6C)c5=O)[n+]4Cc4ccccc4)sc(=C4Sc5cc(F)ccc5N4C)c3=O)c[n+]2Cc2ccccc2)sc(=C2Sc3ccc(OC(F)(F)F)cc3N2C)c1=O. The van der Waals surface area contributed by atoms with E-state index in [0.29, 0.717) is 71.5 Å². The number of aromatic nitrogens is 6. The third-order valence-corrected chi connectivity index (χ3v) is 29.4. The second-order valence-electron chi connectivity index (χ2n) is 25.3. The van der Waals surface area contributed by atoms with Crippen molar-refractivity contribution in [2.75, 3.05) is 35.8 Å². The Hall–Kier alpha value is -8.02. The number of halogens is 5. The van der Waals surface area contributed by atoms with Crippen molar-refractivity contribution >= 4 is 165 Å². The number of hydrogen-bond acceptors (Lipinski definition) is 16. The number of benzene rings is 6. The molecule has 13 nitrogen and oxygen atoms in total. The molecule has 102 heavy (non-hydrogen) atoms. The lowest BCUT2D eigenvalue weighted by atomic mass is 10.2. The molecule has 6 aromatic heterocycles. The monoisotopic (exact) mass is 1550 g/mol. The molecule has 0 spiro atoms. The normalized spacial score (nSPS) is 19.8. The van der Waals surface area contributed by atoms with E-state index in [1.54, 1.807) is 74.4 Å². The van der Waals surface area contributed by atoms with Gasteiger partial charge in [-0.05, 0) is 68.3 Å². The molecule has 4 unspecified atom stereocenters. The first-order valence-corrected chi connectivity index (χ1v) is 40.5. The second-order valence-corrected chi connectivity index (χ2v) is 34.8. The van der Waals surface area contributed by atoms with Gasteiger partial charge in [0.1, 0.15) is 54.2 Å². The average Bonchev–Trinajstić information content (AvgIpc) is 1.57. The molecule has 17 rings (SSSR count). The Morgan fingerprint density at radius 2 is 1.10 bits per heavy atom. The summed E-state index contributed by atoms with van der Waals surface area (Å²) in [7, 11) is 5.68. The number of thioether (sulfide) groups is 3. The number of thiazole rings is 6. The first kappa shape index (κ1) is 67.2. The number of hydrogen-bond donors (Lipinski definition) is 0. The Morgan fingerprint density at radius 3 is 1.74 bits per heavy atom. The molecule has 5 aliphatic rings. The second kappa shape index (κ2) is 26.9. The maximum absolute atomic E-state index is 15.8. The molecule has 12 aromatic rings. The van der Waals surface area contributed by atoms with Gasteiger partial charge in [-0.1, -0.05) is 172 Å². The summed E-state index contributed by atoms with van der Waals surface area (Å²) in [5.74, 6) is -0.790. The Balaban J connectivity index is 0.776. The van der Waals surface area contributed by atoms with Gasteiger partial charge in [0.2, 0.25) is 0 Å². The number of alkyl halides is 3. The van der Waals surface area contributed by atoms with Crippen molar-refractivity contribution in [3.8, 4) is 5.75 Å². The summed E-state index contributed by atoms with van der Waals surface area (Å²) >= 11 is 20.1. The van der Waals surface area contributed by atoms with Crippen molar-refractivity contribution < 1.29 is 36.0 Å². The summed E-state index contributed by atoms with van der Waals surface area (Å²) in [6, 6.07) is 45.3. The molecule has 2 saturated carbocycles. The fourth-order valence-electron chi connectivity index (χ4n) is 13.6. The van der Waals surface area contributed by atoms with E-state index in [9.17, 15) is 22.4 Å². The highest BCUT2D eigenvalue weighted by Crippen LogP contribution is 2.54. The van der Waals surface area contributed by atoms with Gasteiger partial charge in [-0.2, -0.15) is 13.7 Å². The first-order valence-electron chi connectivity index (χ1n) is 32.7. The maximum atomic E-state index is 15.8. The number of nitrogens with zero attached hydrogens (tertiary/aromatic N) is 9. The van der Waals surface area contributed by atoms with Crippen molar-refractivity contribution in [2.45, 2.75) is 90.9 Å². The highest BCUT2D eigenvalue weighted by Gasteiger charge is 2.49. The minimum absolute atomic E-state index is 0.0289. The number of fused-ring (bicyclic) bond motifs is 3. The standard InChI is InChI=1S/C75H59ClF4N9O4S9/c1-5-86-63(100-66(69(86)90)72-83(4)54-31-47(93-75(78,79)80)23-26-56(54)97-72)35-61-85(38-43-17-11-7-12-18-43)40-59(96-61)49-33-53(49)89-65(102-68(71(89)92)74-82(3)51-25-22-46(77)30-58(51)99-74)36-62-87(39-44-19-13-8-14-20-44)55(41-95-62)48-32-52(48)88-64(34-60-84(27-28-94-60)37-42-15-9-6-10-16-42)101-67(70(88)91)73-81(2)50-24-21-45(76)29-57(50)98-73/h6-31,34-36,40-41,48-49,52-53H,5,32-33,37-39H2,1-4H3/q+3. The molecule has 0 amide bonds. The van der Waals surface area contributed by atoms with Gasteiger partial charge in [0, 0.05) is 82.1 Å². The molecular weight excluding hydrogens is 1490 g/mol. The molecule has 27 heteroatoms. The van der Waals surface area contributed by atoms with Crippen molar-refractivity contribution in [1.82, 2.24) is 13.7 Å². The Morgan fingerprint density at radius 1 is 0.559 bits per heavy atom. The van der Waals surface area contributed by atoms with Crippen LogP contribution in [0.4, 0.5) is 34.6 Å². The molecule has 2 fully saturated rings. The first-order chi connectivity index (χ1) is 49.4. The highest BCUT2D eigenvalue weighted by molar-refractivity contribution is 8.09. The largest absolute Gasteiger partial charge is 0.573 e. The van der Waals surface area contributed by atoms with Crippen LogP contribution >= 0.6 is 115 Å². The van der Waals surface area contributed by atoms with Crippen LogP contribution in [0.3, 0.4) is 0 Å². The Kier molecular flexibility index (Phi) is 17.7. The van der Waals surface area contributed by atoms with Crippen molar-refractivity contribution in [3.63, 3.8) is 0 Å². The van der Waals surface area contributed by atoms with E-state index in [-0.39, 0.29) is 52.2 Å². The lowest BCUT2D eigenvalue weighted by molar-refractivity contribution is -0.692. The van der Waals surface area contributed by atoms with Crippen molar-refractivity contribution in [2.24, 2.45) is 0 Å². The van der Waals surface area contributed by atoms with Gasteiger partial charge in [0.05, 0.1) is 62.9 Å². The summed E-state index contributed by atoms with van der Waals surface area (Å²) in [5.41, 5.74) is 6.40. The fourth-order valence-corrected chi connectivity index (χ4v) is 24.5. The van der Waals surface area contributed by atoms with E-state index in [0.717, 1.165) is 83.7 Å². The van der Waals surface area contributed by atoms with Crippen LogP contribution in [0.1, 0.15) is 86.0 Å². The van der Waals surface area contributed by atoms with Crippen LogP contribution in [-0.4, -0.2) is 41.2 Å². The topological polar surface area (TPSA) is 96.6 Å². The number of rotatable bonds is 15. The summed E-state index contributed by atoms with van der Waals surface area (Å²) < 4.78 is 75.9. The zero-order valence-electron chi connectivity index (χ0n) is 54.7. The zero-order valence-corrected chi connectivity index (χ0v) is 62.8. The predicted molar refractivity (Wildman–Crippen MR) is 407 cm³/mol. The summed E-state index contributed by atoms with van der Waals surface area (Å²) in [6.07, 6.45) is 7.25. The van der Waals surface area contributed by atoms with Gasteiger partial charge in [0.15, 0.2) is 37.7 Å². The van der Waals surface area contributed by atoms with Gasteiger partial charge < -0.3 is 19.4 Å².